The van der Waals surface area contributed by atoms with E-state index in [0.29, 0.717) is 11.8 Å². The molecule has 0 N–H and O–H groups in total. The van der Waals surface area contributed by atoms with Gasteiger partial charge in [0.25, 0.3) is 0 Å². The van der Waals surface area contributed by atoms with Crippen LogP contribution in [0.4, 0.5) is 0 Å². The monoisotopic (exact) mass is 1150 g/mol. The fourth-order valence-corrected chi connectivity index (χ4v) is 14.4. The number of fused-ring (bicyclic) bond motifs is 2. The molecule has 0 aliphatic heterocycles. The second-order valence-electron chi connectivity index (χ2n) is 24.8. The van der Waals surface area contributed by atoms with E-state index in [1.54, 1.807) is 0 Å². The van der Waals surface area contributed by atoms with Crippen molar-refractivity contribution in [3.05, 3.63) is 93.7 Å². The standard InChI is InChI=1S/C76H112N2O2S2/c1-5-9-13-17-21-25-29-33-37-41-45-61-49-53-63(54-50-61)69-71-74(80-75(77-71)67-59-57-65(81-67)47-43-39-35-31-27-23-19-15-11-7-3)70(64-55-51-62(52-56-64)46-42-38-34-30-26-22-18-14-10-6-2)72-73(69)79-76(78-72)68-60-58-66(82-68)48-44-40-36-32-28-24-20-16-12-8-4/h49-60H,5-48H2,1-4H3. The van der Waals surface area contributed by atoms with Crippen LogP contribution in [0, 0.1) is 0 Å². The van der Waals surface area contributed by atoms with Crippen molar-refractivity contribution in [2.75, 3.05) is 0 Å². The number of aryl methyl sites for hydroxylation is 4. The molecule has 0 aliphatic carbocycles. The maximum Gasteiger partial charge on any atom is 0.237 e. The average Bonchev–Trinajstić information content (AvgIpc) is 3.07. The Morgan fingerprint density at radius 2 is 0.537 bits per heavy atom. The Balaban J connectivity index is 1.14. The quantitative estimate of drug-likeness (QED) is 0.0357. The molecular formula is C76H112N2O2S2. The van der Waals surface area contributed by atoms with E-state index in [4.69, 9.17) is 18.8 Å². The van der Waals surface area contributed by atoms with Crippen molar-refractivity contribution in [3.8, 4) is 43.8 Å². The predicted octanol–water partition coefficient (Wildman–Crippen LogP) is 26.6. The van der Waals surface area contributed by atoms with Gasteiger partial charge in [-0.3, -0.25) is 0 Å². The molecule has 0 unspecified atom stereocenters. The SMILES string of the molecule is CCCCCCCCCCCCc1ccc(-c2c3nc(-c4ccc(CCCCCCCCCCCC)s4)oc3c(-c3ccc(CCCCCCCCCCCC)cc3)c3nc(-c4ccc(CCCCCCCCCCCC)s4)oc23)cc1. The summed E-state index contributed by atoms with van der Waals surface area (Å²) in [6.45, 7) is 9.22. The molecule has 0 amide bonds. The van der Waals surface area contributed by atoms with Crippen molar-refractivity contribution in [2.45, 2.75) is 310 Å². The Labute approximate surface area is 508 Å². The molecule has 0 bridgehead atoms. The van der Waals surface area contributed by atoms with Crippen molar-refractivity contribution < 1.29 is 8.83 Å². The smallest absolute Gasteiger partial charge is 0.237 e. The van der Waals surface area contributed by atoms with Gasteiger partial charge in [-0.25, -0.2) is 9.97 Å². The van der Waals surface area contributed by atoms with Gasteiger partial charge in [0.2, 0.25) is 11.8 Å². The maximum absolute atomic E-state index is 7.18. The van der Waals surface area contributed by atoms with Crippen LogP contribution in [0.5, 0.6) is 0 Å². The number of aromatic nitrogens is 2. The van der Waals surface area contributed by atoms with E-state index in [0.717, 1.165) is 79.9 Å². The van der Waals surface area contributed by atoms with E-state index in [1.165, 1.54) is 278 Å². The van der Waals surface area contributed by atoms with Gasteiger partial charge in [-0.15, -0.1) is 22.7 Å². The lowest BCUT2D eigenvalue weighted by molar-refractivity contribution is 0.556. The lowest BCUT2D eigenvalue weighted by Gasteiger charge is -2.10. The van der Waals surface area contributed by atoms with Crippen LogP contribution in [-0.2, 0) is 25.7 Å². The van der Waals surface area contributed by atoms with E-state index in [2.05, 4.69) is 100 Å². The summed E-state index contributed by atoms with van der Waals surface area (Å²) in [6, 6.07) is 27.7. The molecule has 7 rings (SSSR count). The van der Waals surface area contributed by atoms with Crippen molar-refractivity contribution in [1.82, 2.24) is 9.97 Å². The molecule has 0 saturated heterocycles. The first-order chi connectivity index (χ1) is 40.6. The zero-order chi connectivity index (χ0) is 57.1. The summed E-state index contributed by atoms with van der Waals surface area (Å²) in [5.41, 5.74) is 10.3. The Kier molecular flexibility index (Phi) is 31.6. The van der Waals surface area contributed by atoms with Gasteiger partial charge in [-0.1, -0.05) is 307 Å². The topological polar surface area (TPSA) is 52.1 Å². The van der Waals surface area contributed by atoms with Crippen molar-refractivity contribution >= 4 is 44.9 Å². The summed E-state index contributed by atoms with van der Waals surface area (Å²) in [5, 5.41) is 0. The van der Waals surface area contributed by atoms with Crippen LogP contribution in [0.25, 0.3) is 66.0 Å². The van der Waals surface area contributed by atoms with Crippen LogP contribution in [0.3, 0.4) is 0 Å². The first-order valence-corrected chi connectivity index (χ1v) is 36.4. The number of unbranched alkanes of at least 4 members (excludes halogenated alkanes) is 36. The molecule has 82 heavy (non-hydrogen) atoms. The Hall–Kier alpha value is -4.00. The van der Waals surface area contributed by atoms with Gasteiger partial charge < -0.3 is 8.83 Å². The van der Waals surface area contributed by atoms with Gasteiger partial charge in [0.15, 0.2) is 11.2 Å². The highest BCUT2D eigenvalue weighted by atomic mass is 32.1. The first-order valence-electron chi connectivity index (χ1n) is 34.7. The van der Waals surface area contributed by atoms with E-state index in [9.17, 15) is 0 Å². The number of hydrogen-bond donors (Lipinski definition) is 0. The van der Waals surface area contributed by atoms with Crippen LogP contribution in [0.1, 0.15) is 305 Å². The van der Waals surface area contributed by atoms with E-state index >= 15 is 0 Å². The molecule has 450 valence electrons. The number of thiophene rings is 2. The minimum atomic E-state index is 0.690. The van der Waals surface area contributed by atoms with Crippen LogP contribution >= 0.6 is 22.7 Å². The molecule has 0 fully saturated rings. The zero-order valence-corrected chi connectivity index (χ0v) is 54.2. The maximum atomic E-state index is 7.18. The summed E-state index contributed by atoms with van der Waals surface area (Å²) < 4.78 is 14.4. The molecule has 4 aromatic heterocycles. The predicted molar refractivity (Wildman–Crippen MR) is 361 cm³/mol. The fraction of sp³-hybridized carbons (Fsp3) is 0.632. The molecule has 0 saturated carbocycles. The minimum Gasteiger partial charge on any atom is -0.435 e. The van der Waals surface area contributed by atoms with Gasteiger partial charge >= 0.3 is 0 Å². The van der Waals surface area contributed by atoms with Gasteiger partial charge in [0.05, 0.1) is 20.9 Å². The molecule has 4 heterocycles. The molecule has 0 spiro atoms. The third-order valence-electron chi connectivity index (χ3n) is 17.6. The van der Waals surface area contributed by atoms with E-state index in [-0.39, 0.29) is 0 Å². The van der Waals surface area contributed by atoms with Crippen LogP contribution < -0.4 is 0 Å². The third kappa shape index (κ3) is 22.4. The van der Waals surface area contributed by atoms with Crippen molar-refractivity contribution in [2.24, 2.45) is 0 Å². The molecule has 4 nitrogen and oxygen atoms in total. The van der Waals surface area contributed by atoms with Gasteiger partial charge in [-0.05, 0) is 97.9 Å². The Morgan fingerprint density at radius 3 is 0.817 bits per heavy atom. The second-order valence-corrected chi connectivity index (χ2v) is 27.1. The van der Waals surface area contributed by atoms with Crippen molar-refractivity contribution in [1.29, 1.82) is 0 Å². The second kappa shape index (κ2) is 39.6. The molecule has 0 atom stereocenters. The zero-order valence-electron chi connectivity index (χ0n) is 52.6. The molecule has 6 heteroatoms. The molecule has 0 radical (unpaired) electrons. The summed E-state index contributed by atoms with van der Waals surface area (Å²) in [7, 11) is 0. The number of nitrogens with zero attached hydrogens (tertiary/aromatic N) is 2. The normalized spacial score (nSPS) is 11.9. The minimum absolute atomic E-state index is 0.690. The van der Waals surface area contributed by atoms with E-state index in [1.807, 2.05) is 22.7 Å². The lowest BCUT2D eigenvalue weighted by atomic mass is 9.94. The molecule has 0 aliphatic rings. The highest BCUT2D eigenvalue weighted by molar-refractivity contribution is 7.15. The largest absolute Gasteiger partial charge is 0.435 e. The summed E-state index contributed by atoms with van der Waals surface area (Å²) >= 11 is 3.70. The van der Waals surface area contributed by atoms with Crippen LogP contribution in [0.2, 0.25) is 0 Å². The lowest BCUT2D eigenvalue weighted by Crippen LogP contribution is -1.91. The van der Waals surface area contributed by atoms with Crippen molar-refractivity contribution in [3.63, 3.8) is 0 Å². The summed E-state index contributed by atoms with van der Waals surface area (Å²) in [6.07, 6.45) is 58.6. The average molecular weight is 1150 g/mol. The van der Waals surface area contributed by atoms with E-state index < -0.39 is 0 Å². The molecule has 3 aromatic carbocycles. The number of oxazole rings is 2. The van der Waals surface area contributed by atoms with Crippen LogP contribution in [-0.4, -0.2) is 9.97 Å². The molecule has 7 aromatic rings. The number of rotatable bonds is 48. The summed E-state index contributed by atoms with van der Waals surface area (Å²) in [5.74, 6) is 1.38. The highest BCUT2D eigenvalue weighted by Gasteiger charge is 2.28. The fourth-order valence-electron chi connectivity index (χ4n) is 12.4. The Morgan fingerprint density at radius 1 is 0.280 bits per heavy atom. The first kappa shape index (κ1) is 65.5. The summed E-state index contributed by atoms with van der Waals surface area (Å²) in [4.78, 5) is 16.1. The number of benzene rings is 3. The molecular weight excluding hydrogens is 1040 g/mol. The Bertz CT molecular complexity index is 2490. The van der Waals surface area contributed by atoms with Crippen LogP contribution in [0.15, 0.2) is 81.6 Å². The van der Waals surface area contributed by atoms with Gasteiger partial charge in [0, 0.05) is 9.75 Å². The third-order valence-corrected chi connectivity index (χ3v) is 19.9. The van der Waals surface area contributed by atoms with Gasteiger partial charge in [0.1, 0.15) is 11.0 Å². The highest BCUT2D eigenvalue weighted by Crippen LogP contribution is 2.47. The van der Waals surface area contributed by atoms with Gasteiger partial charge in [-0.2, -0.15) is 0 Å². The number of hydrogen-bond acceptors (Lipinski definition) is 6.